The minimum absolute atomic E-state index is 0.125. The van der Waals surface area contributed by atoms with Crippen LogP contribution in [0.3, 0.4) is 0 Å². The first-order valence-corrected chi connectivity index (χ1v) is 12.0. The Morgan fingerprint density at radius 3 is 1.90 bits per heavy atom. The maximum atomic E-state index is 12.9. The molecule has 30 heavy (non-hydrogen) atoms. The number of fused-ring (bicyclic) bond motifs is 4. The molecule has 4 bridgehead atoms. The predicted molar refractivity (Wildman–Crippen MR) is 115 cm³/mol. The van der Waals surface area contributed by atoms with E-state index in [2.05, 4.69) is 29.6 Å². The van der Waals surface area contributed by atoms with Crippen LogP contribution < -0.4 is 10.6 Å². The van der Waals surface area contributed by atoms with Gasteiger partial charge in [-0.15, -0.1) is 0 Å². The Balaban J connectivity index is 1.19. The second kappa shape index (κ2) is 7.69. The normalized spacial score (nSPS) is 36.1. The Labute approximate surface area is 179 Å². The maximum Gasteiger partial charge on any atom is 0.272 e. The monoisotopic (exact) mass is 412 g/mol. The van der Waals surface area contributed by atoms with E-state index in [1.54, 1.807) is 17.8 Å². The number of amides is 2. The molecule has 6 heteroatoms. The summed E-state index contributed by atoms with van der Waals surface area (Å²) in [7, 11) is 1.74. The van der Waals surface area contributed by atoms with E-state index in [4.69, 9.17) is 0 Å². The average molecular weight is 413 g/mol. The third-order valence-electron chi connectivity index (χ3n) is 8.93. The van der Waals surface area contributed by atoms with Gasteiger partial charge in [0.2, 0.25) is 0 Å². The number of rotatable bonds is 6. The van der Waals surface area contributed by atoms with Gasteiger partial charge in [-0.2, -0.15) is 5.10 Å². The van der Waals surface area contributed by atoms with Crippen LogP contribution in [-0.2, 0) is 7.05 Å². The molecular weight excluding hydrogens is 376 g/mol. The van der Waals surface area contributed by atoms with Crippen LogP contribution in [-0.4, -0.2) is 33.7 Å². The predicted octanol–water partition coefficient (Wildman–Crippen LogP) is 3.53. The van der Waals surface area contributed by atoms with E-state index in [0.29, 0.717) is 23.2 Å². The molecule has 0 radical (unpaired) electrons. The summed E-state index contributed by atoms with van der Waals surface area (Å²) in [5.74, 6) is 4.15. The molecule has 8 atom stereocenters. The first-order valence-electron chi connectivity index (χ1n) is 12.0. The summed E-state index contributed by atoms with van der Waals surface area (Å²) in [5, 5.41) is 10.7. The van der Waals surface area contributed by atoms with Crippen LogP contribution in [0, 0.1) is 35.5 Å². The third-order valence-corrected chi connectivity index (χ3v) is 8.93. The molecule has 0 aromatic carbocycles. The SMILES string of the molecule is C[C@H](NC(=O)c1cc(C(=O)N[C@H](C)[C@H]2C[C@H]3CC[C@H]2C3)n(C)n1)[C@H]1C[C@H]2CC[C@H]1C2. The number of nitrogens with one attached hydrogen (secondary N) is 2. The molecule has 1 aromatic rings. The van der Waals surface area contributed by atoms with E-state index >= 15 is 0 Å². The molecule has 1 aromatic heterocycles. The minimum atomic E-state index is -0.166. The van der Waals surface area contributed by atoms with Crippen molar-refractivity contribution in [2.75, 3.05) is 0 Å². The molecular formula is C24H36N4O2. The number of aromatic nitrogens is 2. The van der Waals surface area contributed by atoms with Crippen LogP contribution in [0.15, 0.2) is 6.07 Å². The lowest BCUT2D eigenvalue weighted by molar-refractivity contribution is 0.0899. The van der Waals surface area contributed by atoms with Crippen molar-refractivity contribution < 1.29 is 9.59 Å². The molecule has 4 aliphatic carbocycles. The van der Waals surface area contributed by atoms with Crippen LogP contribution >= 0.6 is 0 Å². The van der Waals surface area contributed by atoms with Gasteiger partial charge in [-0.3, -0.25) is 14.3 Å². The first kappa shape index (κ1) is 20.1. The van der Waals surface area contributed by atoms with Crippen molar-refractivity contribution in [3.05, 3.63) is 17.5 Å². The third kappa shape index (κ3) is 3.56. The zero-order chi connectivity index (χ0) is 21.0. The van der Waals surface area contributed by atoms with Crippen LogP contribution in [0.5, 0.6) is 0 Å². The van der Waals surface area contributed by atoms with Gasteiger partial charge in [-0.1, -0.05) is 12.8 Å². The highest BCUT2D eigenvalue weighted by Gasteiger charge is 2.43. The molecule has 0 saturated heterocycles. The van der Waals surface area contributed by atoms with E-state index < -0.39 is 0 Å². The Morgan fingerprint density at radius 2 is 1.43 bits per heavy atom. The van der Waals surface area contributed by atoms with E-state index in [1.165, 1.54) is 51.4 Å². The average Bonchev–Trinajstić information content (AvgIpc) is 3.53. The fraction of sp³-hybridized carbons (Fsp3) is 0.792. The molecule has 4 aliphatic rings. The van der Waals surface area contributed by atoms with Gasteiger partial charge in [0.25, 0.3) is 11.8 Å². The zero-order valence-corrected chi connectivity index (χ0v) is 18.6. The van der Waals surface area contributed by atoms with Crippen molar-refractivity contribution >= 4 is 11.8 Å². The standard InChI is InChI=1S/C24H36N4O2/c1-13(19-10-15-4-6-17(19)8-15)25-23(29)21-12-22(28(3)27-21)24(30)26-14(2)20-11-16-5-7-18(20)9-16/h12-20H,4-11H2,1-3H3,(H,25,29)(H,26,30)/t13-,14+,15-,16-,17-,18-,19+,20+/m0/s1. The highest BCUT2D eigenvalue weighted by atomic mass is 16.2. The summed E-state index contributed by atoms with van der Waals surface area (Å²) in [6.45, 7) is 4.25. The summed E-state index contributed by atoms with van der Waals surface area (Å²) in [4.78, 5) is 25.7. The van der Waals surface area contributed by atoms with Crippen LogP contribution in [0.25, 0.3) is 0 Å². The fourth-order valence-electron chi connectivity index (χ4n) is 7.38. The lowest BCUT2D eigenvalue weighted by Crippen LogP contribution is -2.40. The van der Waals surface area contributed by atoms with Crippen molar-refractivity contribution in [2.24, 2.45) is 42.6 Å². The number of nitrogens with zero attached hydrogens (tertiary/aromatic N) is 2. The summed E-state index contributed by atoms with van der Waals surface area (Å²) in [6, 6.07) is 1.97. The number of carbonyl (C=O) groups excluding carboxylic acids is 2. The van der Waals surface area contributed by atoms with Crippen molar-refractivity contribution in [1.82, 2.24) is 20.4 Å². The molecule has 0 spiro atoms. The molecule has 0 unspecified atom stereocenters. The zero-order valence-electron chi connectivity index (χ0n) is 18.6. The quantitative estimate of drug-likeness (QED) is 0.750. The summed E-state index contributed by atoms with van der Waals surface area (Å²) in [5.41, 5.74) is 0.799. The number of aryl methyl sites for hydroxylation is 1. The molecule has 2 N–H and O–H groups in total. The molecule has 0 aliphatic heterocycles. The second-order valence-electron chi connectivity index (χ2n) is 10.7. The summed E-state index contributed by atoms with van der Waals surface area (Å²) in [6.07, 6.45) is 10.5. The van der Waals surface area contributed by atoms with E-state index in [1.807, 2.05) is 0 Å². The van der Waals surface area contributed by atoms with E-state index in [9.17, 15) is 9.59 Å². The van der Waals surface area contributed by atoms with Crippen molar-refractivity contribution in [3.8, 4) is 0 Å². The summed E-state index contributed by atoms with van der Waals surface area (Å²) < 4.78 is 1.54. The van der Waals surface area contributed by atoms with Gasteiger partial charge in [0.15, 0.2) is 5.69 Å². The fourth-order valence-corrected chi connectivity index (χ4v) is 7.38. The Morgan fingerprint density at radius 1 is 0.900 bits per heavy atom. The molecule has 4 saturated carbocycles. The Bertz CT molecular complexity index is 833. The number of carbonyl (C=O) groups is 2. The Kier molecular flexibility index (Phi) is 5.14. The topological polar surface area (TPSA) is 76.0 Å². The van der Waals surface area contributed by atoms with Crippen molar-refractivity contribution in [3.63, 3.8) is 0 Å². The molecule has 1 heterocycles. The van der Waals surface area contributed by atoms with Crippen LogP contribution in [0.4, 0.5) is 0 Å². The van der Waals surface area contributed by atoms with E-state index in [0.717, 1.165) is 23.7 Å². The van der Waals surface area contributed by atoms with Gasteiger partial charge in [0.05, 0.1) is 0 Å². The van der Waals surface area contributed by atoms with Crippen LogP contribution in [0.2, 0.25) is 0 Å². The van der Waals surface area contributed by atoms with Crippen molar-refractivity contribution in [1.29, 1.82) is 0 Å². The lowest BCUT2D eigenvalue weighted by atomic mass is 9.84. The molecule has 5 rings (SSSR count). The first-order chi connectivity index (χ1) is 14.4. The maximum absolute atomic E-state index is 12.9. The number of hydrogen-bond donors (Lipinski definition) is 2. The number of hydrogen-bond acceptors (Lipinski definition) is 3. The van der Waals surface area contributed by atoms with E-state index in [-0.39, 0.29) is 23.9 Å². The molecule has 6 nitrogen and oxygen atoms in total. The van der Waals surface area contributed by atoms with Crippen molar-refractivity contribution in [2.45, 2.75) is 77.3 Å². The van der Waals surface area contributed by atoms with Gasteiger partial charge in [0, 0.05) is 25.2 Å². The second-order valence-corrected chi connectivity index (χ2v) is 10.7. The minimum Gasteiger partial charge on any atom is -0.348 e. The highest BCUT2D eigenvalue weighted by molar-refractivity contribution is 5.98. The van der Waals surface area contributed by atoms with Gasteiger partial charge < -0.3 is 10.6 Å². The van der Waals surface area contributed by atoms with Crippen LogP contribution in [0.1, 0.15) is 86.2 Å². The Hall–Kier alpha value is -1.85. The molecule has 4 fully saturated rings. The van der Waals surface area contributed by atoms with Gasteiger partial charge in [-0.25, -0.2) is 0 Å². The molecule has 164 valence electrons. The van der Waals surface area contributed by atoms with Gasteiger partial charge >= 0.3 is 0 Å². The van der Waals surface area contributed by atoms with Gasteiger partial charge in [-0.05, 0) is 87.9 Å². The smallest absolute Gasteiger partial charge is 0.272 e. The van der Waals surface area contributed by atoms with Gasteiger partial charge in [0.1, 0.15) is 5.69 Å². The lowest BCUT2D eigenvalue weighted by Gasteiger charge is -2.28. The highest BCUT2D eigenvalue weighted by Crippen LogP contribution is 2.50. The summed E-state index contributed by atoms with van der Waals surface area (Å²) >= 11 is 0. The molecule has 2 amide bonds. The largest absolute Gasteiger partial charge is 0.348 e.